The highest BCUT2D eigenvalue weighted by Crippen LogP contribution is 2.29. The molecular formula is C21H25FN2O4S. The van der Waals surface area contributed by atoms with E-state index in [0.29, 0.717) is 11.4 Å². The molecule has 156 valence electrons. The fourth-order valence-electron chi connectivity index (χ4n) is 3.58. The minimum Gasteiger partial charge on any atom is -0.484 e. The van der Waals surface area contributed by atoms with Gasteiger partial charge in [-0.2, -0.15) is 4.31 Å². The molecule has 0 spiro atoms. The van der Waals surface area contributed by atoms with Crippen molar-refractivity contribution in [3.63, 3.8) is 0 Å². The molecule has 6 nitrogen and oxygen atoms in total. The number of nitrogens with one attached hydrogen (secondary N) is 1. The third-order valence-corrected chi connectivity index (χ3v) is 7.15. The molecular weight excluding hydrogens is 395 g/mol. The predicted octanol–water partition coefficient (Wildman–Crippen LogP) is 3.79. The highest BCUT2D eigenvalue weighted by Gasteiger charge is 2.35. The summed E-state index contributed by atoms with van der Waals surface area (Å²) in [4.78, 5) is 12.2. The molecule has 1 N–H and O–H groups in total. The molecule has 3 rings (SSSR count). The van der Waals surface area contributed by atoms with Crippen LogP contribution in [0, 0.1) is 5.82 Å². The zero-order valence-electron chi connectivity index (χ0n) is 16.5. The summed E-state index contributed by atoms with van der Waals surface area (Å²) in [5.41, 5.74) is 0.469. The number of benzene rings is 2. The molecule has 8 heteroatoms. The molecule has 1 aliphatic rings. The molecule has 0 bridgehead atoms. The highest BCUT2D eigenvalue weighted by atomic mass is 32.2. The van der Waals surface area contributed by atoms with Gasteiger partial charge >= 0.3 is 0 Å². The SMILES string of the molecule is CC1CCCC(C)N1S(=O)(=O)c1ccc(NC(=O)COc2ccc(F)cc2)cc1. The lowest BCUT2D eigenvalue weighted by molar-refractivity contribution is -0.118. The van der Waals surface area contributed by atoms with Gasteiger partial charge in [-0.1, -0.05) is 6.42 Å². The number of anilines is 1. The van der Waals surface area contributed by atoms with Gasteiger partial charge in [0.25, 0.3) is 5.91 Å². The zero-order valence-corrected chi connectivity index (χ0v) is 17.3. The Labute approximate surface area is 170 Å². The predicted molar refractivity (Wildman–Crippen MR) is 109 cm³/mol. The molecule has 1 saturated heterocycles. The molecule has 29 heavy (non-hydrogen) atoms. The van der Waals surface area contributed by atoms with Crippen molar-refractivity contribution in [2.75, 3.05) is 11.9 Å². The minimum absolute atomic E-state index is 0.0354. The van der Waals surface area contributed by atoms with Crippen LogP contribution in [0.3, 0.4) is 0 Å². The first kappa shape index (κ1) is 21.3. The maximum atomic E-state index is 13.0. The van der Waals surface area contributed by atoms with E-state index in [4.69, 9.17) is 4.74 Å². The molecule has 2 unspecified atom stereocenters. The smallest absolute Gasteiger partial charge is 0.262 e. The number of carbonyl (C=O) groups is 1. The van der Waals surface area contributed by atoms with Crippen LogP contribution in [0.2, 0.25) is 0 Å². The number of ether oxygens (including phenoxy) is 1. The van der Waals surface area contributed by atoms with Gasteiger partial charge in [0.2, 0.25) is 10.0 Å². The maximum absolute atomic E-state index is 13.0. The van der Waals surface area contributed by atoms with Crippen molar-refractivity contribution in [3.05, 3.63) is 54.3 Å². The monoisotopic (exact) mass is 420 g/mol. The third kappa shape index (κ3) is 5.13. The summed E-state index contributed by atoms with van der Waals surface area (Å²) in [5, 5.41) is 2.65. The van der Waals surface area contributed by atoms with Crippen LogP contribution in [0.1, 0.15) is 33.1 Å². The van der Waals surface area contributed by atoms with Crippen LogP contribution in [-0.2, 0) is 14.8 Å². The van der Waals surface area contributed by atoms with E-state index in [2.05, 4.69) is 5.32 Å². The number of carbonyl (C=O) groups excluding carboxylic acids is 1. The van der Waals surface area contributed by atoms with Crippen LogP contribution < -0.4 is 10.1 Å². The van der Waals surface area contributed by atoms with Crippen molar-refractivity contribution in [2.45, 2.75) is 50.1 Å². The molecule has 2 aromatic rings. The number of nitrogens with zero attached hydrogens (tertiary/aromatic N) is 1. The lowest BCUT2D eigenvalue weighted by atomic mass is 10.0. The lowest BCUT2D eigenvalue weighted by Crippen LogP contribution is -2.47. The second kappa shape index (κ2) is 8.92. The summed E-state index contributed by atoms with van der Waals surface area (Å²) >= 11 is 0. The van der Waals surface area contributed by atoms with Crippen molar-refractivity contribution >= 4 is 21.6 Å². The Bertz CT molecular complexity index is 936. The molecule has 1 aliphatic heterocycles. The molecule has 2 atom stereocenters. The standard InChI is InChI=1S/C21H25FN2O4S/c1-15-4-3-5-16(2)24(15)29(26,27)20-12-8-18(9-13-20)23-21(25)14-28-19-10-6-17(22)7-11-19/h6-13,15-16H,3-5,14H2,1-2H3,(H,23,25). The number of piperidine rings is 1. The molecule has 2 aromatic carbocycles. The quantitative estimate of drug-likeness (QED) is 0.771. The second-order valence-corrected chi connectivity index (χ2v) is 9.12. The van der Waals surface area contributed by atoms with Crippen LogP contribution in [0.15, 0.2) is 53.4 Å². The number of hydrogen-bond acceptors (Lipinski definition) is 4. The summed E-state index contributed by atoms with van der Waals surface area (Å²) in [6.45, 7) is 3.63. The number of rotatable bonds is 6. The molecule has 0 saturated carbocycles. The average Bonchev–Trinajstić information content (AvgIpc) is 2.68. The molecule has 1 fully saturated rings. The van der Waals surface area contributed by atoms with E-state index >= 15 is 0 Å². The largest absolute Gasteiger partial charge is 0.484 e. The Hall–Kier alpha value is -2.45. The van der Waals surface area contributed by atoms with Gasteiger partial charge in [0.15, 0.2) is 6.61 Å². The Morgan fingerprint density at radius 3 is 2.24 bits per heavy atom. The normalized spacial score (nSPS) is 20.2. The number of hydrogen-bond donors (Lipinski definition) is 1. The van der Waals surface area contributed by atoms with Crippen molar-refractivity contribution in [1.29, 1.82) is 0 Å². The zero-order chi connectivity index (χ0) is 21.0. The van der Waals surface area contributed by atoms with Crippen LogP contribution >= 0.6 is 0 Å². The summed E-state index contributed by atoms with van der Waals surface area (Å²) in [6.07, 6.45) is 2.73. The molecule has 0 aromatic heterocycles. The van der Waals surface area contributed by atoms with Crippen molar-refractivity contribution < 1.29 is 22.3 Å². The van der Waals surface area contributed by atoms with Gasteiger partial charge in [-0.25, -0.2) is 12.8 Å². The van der Waals surface area contributed by atoms with Crippen LogP contribution in [-0.4, -0.2) is 37.3 Å². The van der Waals surface area contributed by atoms with Crippen LogP contribution in [0.5, 0.6) is 5.75 Å². The van der Waals surface area contributed by atoms with E-state index in [1.807, 2.05) is 13.8 Å². The first-order valence-corrected chi connectivity index (χ1v) is 11.0. The van der Waals surface area contributed by atoms with E-state index in [-0.39, 0.29) is 29.4 Å². The second-order valence-electron chi connectivity index (χ2n) is 7.28. The van der Waals surface area contributed by atoms with Gasteiger partial charge in [0.05, 0.1) is 4.90 Å². The van der Waals surface area contributed by atoms with E-state index in [0.717, 1.165) is 19.3 Å². The lowest BCUT2D eigenvalue weighted by Gasteiger charge is -2.37. The Balaban J connectivity index is 1.62. The Morgan fingerprint density at radius 1 is 1.07 bits per heavy atom. The molecule has 0 radical (unpaired) electrons. The van der Waals surface area contributed by atoms with Crippen molar-refractivity contribution in [2.24, 2.45) is 0 Å². The highest BCUT2D eigenvalue weighted by molar-refractivity contribution is 7.89. The van der Waals surface area contributed by atoms with Gasteiger partial charge in [0, 0.05) is 17.8 Å². The summed E-state index contributed by atoms with van der Waals surface area (Å²) < 4.78 is 45.8. The summed E-state index contributed by atoms with van der Waals surface area (Å²) in [7, 11) is -3.59. The molecule has 1 amide bonds. The van der Waals surface area contributed by atoms with Gasteiger partial charge in [-0.05, 0) is 75.2 Å². The van der Waals surface area contributed by atoms with E-state index in [1.54, 1.807) is 16.4 Å². The van der Waals surface area contributed by atoms with Crippen LogP contribution in [0.25, 0.3) is 0 Å². The van der Waals surface area contributed by atoms with Crippen LogP contribution in [0.4, 0.5) is 10.1 Å². The van der Waals surface area contributed by atoms with E-state index in [1.165, 1.54) is 36.4 Å². The number of sulfonamides is 1. The first-order chi connectivity index (χ1) is 13.8. The van der Waals surface area contributed by atoms with Gasteiger partial charge in [-0.3, -0.25) is 4.79 Å². The maximum Gasteiger partial charge on any atom is 0.262 e. The first-order valence-electron chi connectivity index (χ1n) is 9.59. The Kier molecular flexibility index (Phi) is 6.54. The molecule has 0 aliphatic carbocycles. The Morgan fingerprint density at radius 2 is 1.66 bits per heavy atom. The summed E-state index contributed by atoms with van der Waals surface area (Å²) in [6, 6.07) is 11.4. The third-order valence-electron chi connectivity index (χ3n) is 5.01. The van der Waals surface area contributed by atoms with E-state index in [9.17, 15) is 17.6 Å². The summed E-state index contributed by atoms with van der Waals surface area (Å²) in [5.74, 6) is -0.402. The van der Waals surface area contributed by atoms with E-state index < -0.39 is 15.9 Å². The van der Waals surface area contributed by atoms with Crippen molar-refractivity contribution in [3.8, 4) is 5.75 Å². The topological polar surface area (TPSA) is 75.7 Å². The molecule has 1 heterocycles. The number of amides is 1. The fourth-order valence-corrected chi connectivity index (χ4v) is 5.46. The van der Waals surface area contributed by atoms with Gasteiger partial charge in [0.1, 0.15) is 11.6 Å². The fraction of sp³-hybridized carbons (Fsp3) is 0.381. The van der Waals surface area contributed by atoms with Gasteiger partial charge < -0.3 is 10.1 Å². The van der Waals surface area contributed by atoms with Gasteiger partial charge in [-0.15, -0.1) is 0 Å². The van der Waals surface area contributed by atoms with Crippen molar-refractivity contribution in [1.82, 2.24) is 4.31 Å². The minimum atomic E-state index is -3.59. The number of halogens is 1. The average molecular weight is 421 g/mol.